The average molecular weight is 201 g/mol. The molecule has 1 aromatic rings. The highest BCUT2D eigenvalue weighted by atomic mass is 15.0. The Labute approximate surface area is 92.2 Å². The topological polar surface area (TPSA) is 12.0 Å². The lowest BCUT2D eigenvalue weighted by atomic mass is 9.86. The van der Waals surface area contributed by atoms with Crippen molar-refractivity contribution in [1.29, 1.82) is 0 Å². The number of para-hydroxylation sites is 1. The number of fused-ring (bicyclic) bond motifs is 1. The third kappa shape index (κ3) is 1.79. The van der Waals surface area contributed by atoms with E-state index in [9.17, 15) is 0 Å². The Morgan fingerprint density at radius 2 is 1.93 bits per heavy atom. The molecule has 2 rings (SSSR count). The lowest BCUT2D eigenvalue weighted by Gasteiger charge is -2.34. The maximum absolute atomic E-state index is 3.61. The summed E-state index contributed by atoms with van der Waals surface area (Å²) >= 11 is 0. The highest BCUT2D eigenvalue weighted by molar-refractivity contribution is 5.80. The predicted octanol–water partition coefficient (Wildman–Crippen LogP) is 4.07. The molecule has 0 unspecified atom stereocenters. The van der Waals surface area contributed by atoms with E-state index in [0.717, 1.165) is 12.8 Å². The molecule has 1 heterocycles. The van der Waals surface area contributed by atoms with Gasteiger partial charge in [-0.2, -0.15) is 0 Å². The van der Waals surface area contributed by atoms with Crippen molar-refractivity contribution in [2.45, 2.75) is 39.2 Å². The van der Waals surface area contributed by atoms with E-state index >= 15 is 0 Å². The summed E-state index contributed by atoms with van der Waals surface area (Å²) in [6, 6.07) is 8.58. The molecule has 0 amide bonds. The van der Waals surface area contributed by atoms with Crippen LogP contribution in [-0.4, -0.2) is 5.54 Å². The molecule has 15 heavy (non-hydrogen) atoms. The summed E-state index contributed by atoms with van der Waals surface area (Å²) in [5.41, 5.74) is 4.24. The Balaban J connectivity index is 2.50. The van der Waals surface area contributed by atoms with Crippen molar-refractivity contribution in [2.75, 3.05) is 5.32 Å². The van der Waals surface area contributed by atoms with Gasteiger partial charge in [0.05, 0.1) is 5.54 Å². The third-order valence-electron chi connectivity index (χ3n) is 3.30. The van der Waals surface area contributed by atoms with Crippen LogP contribution in [0.4, 0.5) is 5.69 Å². The highest BCUT2D eigenvalue weighted by Crippen LogP contribution is 2.36. The van der Waals surface area contributed by atoms with E-state index in [-0.39, 0.29) is 5.54 Å². The number of nitrogens with one attached hydrogen (secondary N) is 1. The van der Waals surface area contributed by atoms with E-state index in [1.54, 1.807) is 0 Å². The van der Waals surface area contributed by atoms with Crippen molar-refractivity contribution in [3.05, 3.63) is 35.9 Å². The zero-order valence-corrected chi connectivity index (χ0v) is 9.80. The highest BCUT2D eigenvalue weighted by Gasteiger charge is 2.25. The van der Waals surface area contributed by atoms with Crippen LogP contribution in [0, 0.1) is 0 Å². The first-order valence-corrected chi connectivity index (χ1v) is 5.78. The van der Waals surface area contributed by atoms with Gasteiger partial charge >= 0.3 is 0 Å². The van der Waals surface area contributed by atoms with E-state index < -0.39 is 0 Å². The second kappa shape index (κ2) is 3.73. The van der Waals surface area contributed by atoms with Gasteiger partial charge in [0, 0.05) is 11.3 Å². The van der Waals surface area contributed by atoms with Crippen LogP contribution >= 0.6 is 0 Å². The van der Waals surface area contributed by atoms with Gasteiger partial charge in [0.15, 0.2) is 0 Å². The summed E-state index contributed by atoms with van der Waals surface area (Å²) in [4.78, 5) is 0. The first-order chi connectivity index (χ1) is 7.18. The van der Waals surface area contributed by atoms with Crippen LogP contribution in [0.1, 0.15) is 39.2 Å². The van der Waals surface area contributed by atoms with Gasteiger partial charge in [-0.15, -0.1) is 0 Å². The van der Waals surface area contributed by atoms with E-state index in [4.69, 9.17) is 0 Å². The third-order valence-corrected chi connectivity index (χ3v) is 3.30. The fraction of sp³-hybridized carbons (Fsp3) is 0.429. The molecule has 1 atom stereocenters. The number of anilines is 1. The van der Waals surface area contributed by atoms with E-state index in [1.807, 2.05) is 0 Å². The van der Waals surface area contributed by atoms with Crippen molar-refractivity contribution >= 4 is 11.3 Å². The van der Waals surface area contributed by atoms with Crippen molar-refractivity contribution in [2.24, 2.45) is 0 Å². The van der Waals surface area contributed by atoms with Crippen LogP contribution in [-0.2, 0) is 0 Å². The molecule has 0 fully saturated rings. The lowest BCUT2D eigenvalue weighted by molar-refractivity contribution is 0.607. The van der Waals surface area contributed by atoms with Crippen molar-refractivity contribution < 1.29 is 0 Å². The summed E-state index contributed by atoms with van der Waals surface area (Å²) in [5, 5.41) is 3.61. The van der Waals surface area contributed by atoms with E-state index in [1.165, 1.54) is 16.8 Å². The molecule has 0 saturated heterocycles. The molecule has 1 aliphatic heterocycles. The minimum atomic E-state index is 0.125. The molecule has 1 aliphatic rings. The number of hydrogen-bond donors (Lipinski definition) is 1. The average Bonchev–Trinajstić information content (AvgIpc) is 2.28. The van der Waals surface area contributed by atoms with Crippen LogP contribution in [0.2, 0.25) is 0 Å². The Morgan fingerprint density at radius 1 is 1.20 bits per heavy atom. The van der Waals surface area contributed by atoms with Crippen LogP contribution in [0.25, 0.3) is 5.57 Å². The van der Waals surface area contributed by atoms with E-state index in [0.29, 0.717) is 0 Å². The Morgan fingerprint density at radius 3 is 2.60 bits per heavy atom. The maximum atomic E-state index is 3.61. The van der Waals surface area contributed by atoms with Gasteiger partial charge in [0.25, 0.3) is 0 Å². The second-order valence-corrected chi connectivity index (χ2v) is 4.46. The molecule has 1 nitrogen and oxygen atoms in total. The summed E-state index contributed by atoms with van der Waals surface area (Å²) in [7, 11) is 0. The quantitative estimate of drug-likeness (QED) is 0.760. The molecular weight excluding hydrogens is 182 g/mol. The maximum Gasteiger partial charge on any atom is 0.0531 e. The van der Waals surface area contributed by atoms with Gasteiger partial charge in [-0.05, 0) is 31.4 Å². The lowest BCUT2D eigenvalue weighted by Crippen LogP contribution is -2.34. The minimum absolute atomic E-state index is 0.125. The summed E-state index contributed by atoms with van der Waals surface area (Å²) in [6.07, 6.45) is 4.61. The van der Waals surface area contributed by atoms with Gasteiger partial charge in [-0.3, -0.25) is 0 Å². The Kier molecular flexibility index (Phi) is 2.56. The Bertz CT molecular complexity index is 392. The van der Waals surface area contributed by atoms with E-state index in [2.05, 4.69) is 56.4 Å². The fourth-order valence-corrected chi connectivity index (χ4v) is 2.16. The zero-order chi connectivity index (χ0) is 10.9. The molecule has 0 saturated carbocycles. The van der Waals surface area contributed by atoms with Crippen molar-refractivity contribution in [3.63, 3.8) is 0 Å². The van der Waals surface area contributed by atoms with Crippen LogP contribution in [0.15, 0.2) is 30.3 Å². The number of hydrogen-bond acceptors (Lipinski definition) is 1. The summed E-state index contributed by atoms with van der Waals surface area (Å²) in [6.45, 7) is 6.72. The molecule has 0 bridgehead atoms. The number of benzene rings is 1. The molecule has 0 aliphatic carbocycles. The van der Waals surface area contributed by atoms with Gasteiger partial charge in [-0.1, -0.05) is 38.1 Å². The second-order valence-electron chi connectivity index (χ2n) is 4.46. The SMILES string of the molecule is CCC1=C[C@@](C)(CC)Nc2ccccc21. The standard InChI is InChI=1S/C14H19N/c1-4-11-10-14(3,5-2)15-13-9-7-6-8-12(11)13/h6-10,15H,4-5H2,1-3H3/t14-/m1/s1. The smallest absolute Gasteiger partial charge is 0.0531 e. The predicted molar refractivity (Wildman–Crippen MR) is 67.0 cm³/mol. The largest absolute Gasteiger partial charge is 0.376 e. The molecule has 0 aromatic heterocycles. The minimum Gasteiger partial charge on any atom is -0.376 e. The van der Waals surface area contributed by atoms with Crippen LogP contribution < -0.4 is 5.32 Å². The first-order valence-electron chi connectivity index (χ1n) is 5.78. The molecular formula is C14H19N. The normalized spacial score (nSPS) is 24.1. The monoisotopic (exact) mass is 201 g/mol. The number of allylic oxidation sites excluding steroid dienone is 1. The van der Waals surface area contributed by atoms with Crippen LogP contribution in [0.5, 0.6) is 0 Å². The van der Waals surface area contributed by atoms with Crippen molar-refractivity contribution in [1.82, 2.24) is 0 Å². The fourth-order valence-electron chi connectivity index (χ4n) is 2.16. The number of rotatable bonds is 2. The Hall–Kier alpha value is -1.24. The van der Waals surface area contributed by atoms with Gasteiger partial charge < -0.3 is 5.32 Å². The van der Waals surface area contributed by atoms with Gasteiger partial charge in [-0.25, -0.2) is 0 Å². The molecule has 0 spiro atoms. The molecule has 1 N–H and O–H groups in total. The molecule has 1 heteroatoms. The zero-order valence-electron chi connectivity index (χ0n) is 9.80. The summed E-state index contributed by atoms with van der Waals surface area (Å²) in [5.74, 6) is 0. The van der Waals surface area contributed by atoms with Gasteiger partial charge in [0.2, 0.25) is 0 Å². The molecule has 80 valence electrons. The van der Waals surface area contributed by atoms with Crippen molar-refractivity contribution in [3.8, 4) is 0 Å². The van der Waals surface area contributed by atoms with Gasteiger partial charge in [0.1, 0.15) is 0 Å². The molecule has 1 aromatic carbocycles. The van der Waals surface area contributed by atoms with Crippen LogP contribution in [0.3, 0.4) is 0 Å². The summed E-state index contributed by atoms with van der Waals surface area (Å²) < 4.78 is 0. The molecule has 0 radical (unpaired) electrons. The first kappa shape index (κ1) is 10.3.